The Kier molecular flexibility index (Phi) is 11.9. The molecule has 0 amide bonds. The lowest BCUT2D eigenvalue weighted by Gasteiger charge is -2.43. The highest BCUT2D eigenvalue weighted by atomic mass is 35.5. The van der Waals surface area contributed by atoms with Gasteiger partial charge in [-0.1, -0.05) is 169 Å². The molecular formula is C81H54B3ClN4O4. The van der Waals surface area contributed by atoms with Crippen LogP contribution >= 0.6 is 11.6 Å². The van der Waals surface area contributed by atoms with E-state index in [2.05, 4.69) is 301 Å². The lowest BCUT2D eigenvalue weighted by Crippen LogP contribution is -2.64. The Bertz CT molecular complexity index is 5180. The van der Waals surface area contributed by atoms with Crippen molar-refractivity contribution >= 4 is 149 Å². The van der Waals surface area contributed by atoms with Crippen molar-refractivity contribution in [1.29, 1.82) is 0 Å². The van der Waals surface area contributed by atoms with Gasteiger partial charge < -0.3 is 38.5 Å². The van der Waals surface area contributed by atoms with Crippen LogP contribution in [0.4, 0.5) is 68.2 Å². The Labute approximate surface area is 545 Å². The van der Waals surface area contributed by atoms with Gasteiger partial charge in [-0.15, -0.1) is 0 Å². The second-order valence-corrected chi connectivity index (χ2v) is 25.5. The lowest BCUT2D eigenvalue weighted by molar-refractivity contribution is 0.465. The molecule has 93 heavy (non-hydrogen) atoms. The topological polar surface area (TPSA) is 49.9 Å². The van der Waals surface area contributed by atoms with Crippen LogP contribution in [0.25, 0.3) is 0 Å². The maximum absolute atomic E-state index is 7.38. The standard InChI is InChI=1S/C81H54B3ClN4O4/c1-49-37-50(2)81(51(3)38-49)89-67-48-73-65(46-63(67)83-61-34-20-22-36-71(61)91-77-44-59(42-69(89)79(77)83)87(55-27-13-6-14-28-55)56-29-15-7-16-30-56)84-64-45-62-66(47-72(64)92-74-39-52(85)40-75(93-73)80(74)84)88(57-31-17-8-18-32-57)68-41-58(43-76-78(68)82(62)60-33-19-21-35-70(60)90-76)86(53-23-9-4-10-24-53)54-25-11-5-12-26-54/h4-48H,1-3H3. The van der Waals surface area contributed by atoms with Crippen LogP contribution in [0, 0.1) is 20.8 Å². The number of hydrogen-bond donors (Lipinski definition) is 0. The normalized spacial score (nSPS) is 13.4. The molecule has 6 aliphatic rings. The minimum atomic E-state index is -0.343. The molecular weight excluding hydrogens is 1160 g/mol. The van der Waals surface area contributed by atoms with Gasteiger partial charge in [0, 0.05) is 85.9 Å². The van der Waals surface area contributed by atoms with Gasteiger partial charge in [-0.3, -0.25) is 0 Å². The van der Waals surface area contributed by atoms with Gasteiger partial charge in [0.1, 0.15) is 46.0 Å². The zero-order valence-electron chi connectivity index (χ0n) is 51.0. The highest BCUT2D eigenvalue weighted by Gasteiger charge is 2.50. The van der Waals surface area contributed by atoms with Crippen LogP contribution in [-0.2, 0) is 0 Å². The predicted octanol–water partition coefficient (Wildman–Crippen LogP) is 15.7. The van der Waals surface area contributed by atoms with E-state index in [1.807, 2.05) is 12.1 Å². The van der Waals surface area contributed by atoms with Gasteiger partial charge in [-0.2, -0.15) is 0 Å². The zero-order valence-corrected chi connectivity index (χ0v) is 51.8. The van der Waals surface area contributed by atoms with Crippen molar-refractivity contribution in [3.05, 3.63) is 295 Å². The summed E-state index contributed by atoms with van der Waals surface area (Å²) in [6, 6.07) is 97.3. The predicted molar refractivity (Wildman–Crippen MR) is 384 cm³/mol. The van der Waals surface area contributed by atoms with Gasteiger partial charge in [-0.05, 0) is 173 Å². The molecule has 0 radical (unpaired) electrons. The monoisotopic (exact) mass is 1210 g/mol. The molecule has 0 atom stereocenters. The first kappa shape index (κ1) is 53.6. The number of aryl methyl sites for hydroxylation is 3. The third-order valence-electron chi connectivity index (χ3n) is 19.5. The Balaban J connectivity index is 0.854. The van der Waals surface area contributed by atoms with E-state index in [0.29, 0.717) is 16.5 Å². The van der Waals surface area contributed by atoms with Gasteiger partial charge >= 0.3 is 0 Å². The largest absolute Gasteiger partial charge is 0.458 e. The zero-order chi connectivity index (χ0) is 61.7. The van der Waals surface area contributed by atoms with E-state index < -0.39 is 0 Å². The van der Waals surface area contributed by atoms with Gasteiger partial charge in [0.15, 0.2) is 0 Å². The number of benzene rings is 13. The van der Waals surface area contributed by atoms with Crippen molar-refractivity contribution < 1.29 is 18.9 Å². The average molecular weight is 1220 g/mol. The first-order valence-corrected chi connectivity index (χ1v) is 32.1. The molecule has 19 rings (SSSR count). The molecule has 438 valence electrons. The first-order chi connectivity index (χ1) is 45.8. The highest BCUT2D eigenvalue weighted by molar-refractivity contribution is 7.03. The summed E-state index contributed by atoms with van der Waals surface area (Å²) in [6.07, 6.45) is 0. The van der Waals surface area contributed by atoms with Crippen LogP contribution in [0.1, 0.15) is 16.7 Å². The van der Waals surface area contributed by atoms with Crippen molar-refractivity contribution in [2.75, 3.05) is 19.6 Å². The molecule has 6 aliphatic heterocycles. The van der Waals surface area contributed by atoms with Crippen molar-refractivity contribution in [2.45, 2.75) is 20.8 Å². The number of nitrogens with zero attached hydrogens (tertiary/aromatic N) is 4. The fraction of sp³-hybridized carbons (Fsp3) is 0.0370. The van der Waals surface area contributed by atoms with Crippen LogP contribution in [0.5, 0.6) is 46.0 Å². The maximum atomic E-state index is 7.38. The number of ether oxygens (including phenoxy) is 4. The summed E-state index contributed by atoms with van der Waals surface area (Å²) < 4.78 is 29.2. The summed E-state index contributed by atoms with van der Waals surface area (Å²) in [4.78, 5) is 9.53. The van der Waals surface area contributed by atoms with Gasteiger partial charge in [0.25, 0.3) is 20.1 Å². The Morgan fingerprint density at radius 2 is 0.656 bits per heavy atom. The molecule has 0 N–H and O–H groups in total. The van der Waals surface area contributed by atoms with Crippen LogP contribution < -0.4 is 87.7 Å². The lowest BCUT2D eigenvalue weighted by atomic mass is 9.30. The van der Waals surface area contributed by atoms with E-state index >= 15 is 0 Å². The molecule has 0 saturated carbocycles. The van der Waals surface area contributed by atoms with Gasteiger partial charge in [0.2, 0.25) is 0 Å². The minimum absolute atomic E-state index is 0.224. The summed E-state index contributed by atoms with van der Waals surface area (Å²) in [5, 5.41) is 0.520. The van der Waals surface area contributed by atoms with E-state index in [4.69, 9.17) is 30.5 Å². The SMILES string of the molecule is Cc1cc(C)c(N2c3cc4c(cc3B3c5ccccc5Oc5cc(N(c6ccccc6)c6ccccc6)cc2c53)B2c3cc5c(cc3Oc3cc(Cl)cc(c32)O4)N(c2ccccc2)c2cc(N(c3ccccc3)c3ccccc3)cc3c2B5c2ccccc2O3)c(C)c1. The smallest absolute Gasteiger partial charge is 0.260 e. The van der Waals surface area contributed by atoms with Crippen LogP contribution in [0.15, 0.2) is 273 Å². The van der Waals surface area contributed by atoms with Crippen LogP contribution in [0.2, 0.25) is 5.02 Å². The highest BCUT2D eigenvalue weighted by Crippen LogP contribution is 2.51. The van der Waals surface area contributed by atoms with Gasteiger partial charge in [0.05, 0.1) is 17.1 Å². The Hall–Kier alpha value is -11.3. The van der Waals surface area contributed by atoms with Crippen molar-refractivity contribution in [3.63, 3.8) is 0 Å². The van der Waals surface area contributed by atoms with Crippen molar-refractivity contribution in [3.8, 4) is 46.0 Å². The number of hydrogen-bond acceptors (Lipinski definition) is 8. The molecule has 0 saturated heterocycles. The molecule has 6 heterocycles. The third-order valence-corrected chi connectivity index (χ3v) is 19.7. The molecule has 13 aromatic carbocycles. The molecule has 0 bridgehead atoms. The number of halogens is 1. The minimum Gasteiger partial charge on any atom is -0.458 e. The van der Waals surface area contributed by atoms with Gasteiger partial charge in [-0.25, -0.2) is 0 Å². The van der Waals surface area contributed by atoms with E-state index in [-0.39, 0.29) is 20.1 Å². The molecule has 0 fully saturated rings. The molecule has 0 spiro atoms. The second-order valence-electron chi connectivity index (χ2n) is 25.0. The first-order valence-electron chi connectivity index (χ1n) is 31.7. The van der Waals surface area contributed by atoms with Crippen LogP contribution in [0.3, 0.4) is 0 Å². The maximum Gasteiger partial charge on any atom is 0.260 e. The van der Waals surface area contributed by atoms with E-state index in [9.17, 15) is 0 Å². The van der Waals surface area contributed by atoms with Crippen molar-refractivity contribution in [1.82, 2.24) is 0 Å². The van der Waals surface area contributed by atoms with E-state index in [1.165, 1.54) is 5.56 Å². The summed E-state index contributed by atoms with van der Waals surface area (Å²) in [5.74, 6) is 6.06. The number of rotatable bonds is 8. The average Bonchev–Trinajstić information content (AvgIpc) is 0.764. The Morgan fingerprint density at radius 1 is 0.290 bits per heavy atom. The molecule has 12 heteroatoms. The summed E-state index contributed by atoms with van der Waals surface area (Å²) in [5.41, 5.74) is 25.4. The molecule has 0 aliphatic carbocycles. The molecule has 13 aromatic rings. The number of fused-ring (bicyclic) bond motifs is 12. The number of para-hydroxylation sites is 7. The summed E-state index contributed by atoms with van der Waals surface area (Å²) >= 11 is 7.25. The quantitative estimate of drug-likeness (QED) is 0.140. The Morgan fingerprint density at radius 3 is 1.11 bits per heavy atom. The fourth-order valence-corrected chi connectivity index (χ4v) is 16.1. The fourth-order valence-electron chi connectivity index (χ4n) is 15.9. The summed E-state index contributed by atoms with van der Waals surface area (Å²) in [6.45, 7) is 5.85. The molecule has 8 nitrogen and oxygen atoms in total. The van der Waals surface area contributed by atoms with Crippen molar-refractivity contribution in [2.24, 2.45) is 0 Å². The van der Waals surface area contributed by atoms with E-state index in [1.54, 1.807) is 0 Å². The van der Waals surface area contributed by atoms with E-state index in [0.717, 1.165) is 163 Å². The summed E-state index contributed by atoms with van der Waals surface area (Å²) in [7, 11) is 0. The third kappa shape index (κ3) is 8.22. The molecule has 0 unspecified atom stereocenters. The number of anilines is 12. The van der Waals surface area contributed by atoms with Crippen LogP contribution in [-0.4, -0.2) is 20.1 Å². The molecule has 0 aromatic heterocycles. The second kappa shape index (κ2) is 20.6.